The van der Waals surface area contributed by atoms with Crippen molar-refractivity contribution in [2.45, 2.75) is 95.3 Å². The normalized spacial score (nSPS) is 11.2. The zero-order valence-electron chi connectivity index (χ0n) is 59.2. The molecule has 0 atom stereocenters. The van der Waals surface area contributed by atoms with Crippen molar-refractivity contribution in [2.24, 2.45) is 68.2 Å². The zero-order chi connectivity index (χ0) is 75.7. The Morgan fingerprint density at radius 1 is 0.262 bits per heavy atom. The van der Waals surface area contributed by atoms with Gasteiger partial charge in [0, 0.05) is 0 Å². The van der Waals surface area contributed by atoms with Crippen LogP contribution < -0.4 is 57.3 Å². The summed E-state index contributed by atoms with van der Waals surface area (Å²) in [5.41, 5.74) is 61.9. The van der Waals surface area contributed by atoms with Crippen molar-refractivity contribution in [3.8, 4) is 0 Å². The van der Waals surface area contributed by atoms with Crippen LogP contribution in [0.15, 0.2) is 255 Å². The third-order valence-corrected chi connectivity index (χ3v) is 18.9. The fourth-order valence-corrected chi connectivity index (χ4v) is 13.1. The Hall–Kier alpha value is -12.6. The Morgan fingerprint density at radius 3 is 0.786 bits per heavy atom. The number of unbranched alkanes of at least 4 members (excludes halogenated alkanes) is 2. The molecule has 30 N–H and O–H groups in total. The van der Waals surface area contributed by atoms with Crippen LogP contribution in [0.3, 0.4) is 0 Å². The largest absolute Gasteiger partial charge is 0.387 e. The van der Waals surface area contributed by atoms with Gasteiger partial charge in [0.2, 0.25) is 0 Å². The highest BCUT2D eigenvalue weighted by Crippen LogP contribution is 2.41. The summed E-state index contributed by atoms with van der Waals surface area (Å²) in [6, 6.07) is 80.6. The number of benzene rings is 10. The van der Waals surface area contributed by atoms with Crippen LogP contribution in [0.2, 0.25) is 0 Å². The topological polar surface area (TPSA) is 499 Å². The molecule has 0 aliphatic rings. The van der Waals surface area contributed by atoms with Crippen LogP contribution in [-0.4, -0.2) is 58.4 Å². The van der Waals surface area contributed by atoms with Gasteiger partial charge in [-0.15, -0.1) is 0 Å². The van der Waals surface area contributed by atoms with E-state index in [2.05, 4.69) is 13.8 Å². The van der Waals surface area contributed by atoms with E-state index in [4.69, 9.17) is 111 Å². The molecule has 10 aromatic rings. The summed E-state index contributed by atoms with van der Waals surface area (Å²) in [6.07, 6.45) is 6.36. The minimum Gasteiger partial charge on any atom is -0.387 e. The maximum atomic E-state index is 8.51. The lowest BCUT2D eigenvalue weighted by Crippen LogP contribution is -2.51. The molecule has 0 unspecified atom stereocenters. The lowest BCUT2D eigenvalue weighted by molar-refractivity contribution is 0.434. The molecule has 20 nitrogen and oxygen atoms in total. The molecule has 0 bridgehead atoms. The maximum Gasteiger partial charge on any atom is 0.135 e. The number of aryl methyl sites for hydroxylation is 2. The van der Waals surface area contributed by atoms with Crippen molar-refractivity contribution >= 4 is 79.9 Å². The lowest BCUT2D eigenvalue weighted by Gasteiger charge is -2.34. The summed E-state index contributed by atoms with van der Waals surface area (Å²) in [5, 5.41) is 84.2. The molecule has 0 amide bonds. The van der Waals surface area contributed by atoms with Gasteiger partial charge in [0.25, 0.3) is 0 Å². The molecule has 0 fully saturated rings. The second kappa shape index (κ2) is 36.0. The zero-order valence-corrected chi connectivity index (χ0v) is 59.2. The van der Waals surface area contributed by atoms with Crippen molar-refractivity contribution in [1.29, 1.82) is 54.1 Å². The van der Waals surface area contributed by atoms with E-state index in [1.807, 2.05) is 269 Å². The first-order chi connectivity index (χ1) is 49.1. The van der Waals surface area contributed by atoms with Crippen LogP contribution in [0.4, 0.5) is 0 Å². The maximum absolute atomic E-state index is 8.51. The Labute approximate surface area is 604 Å². The van der Waals surface area contributed by atoms with Crippen molar-refractivity contribution in [3.63, 3.8) is 0 Å². The standard InChI is InChI=1S/C23H20N4.2C17H20N4.C15H16N4.C11H24N4/c24-21(25)23(22(26)27,19-13-5-9-15-7-1-3-11-17(15)19)20-14-6-10-16-8-2-4-12-18(16)20;1-11-3-7-13(8-4-11)17(15(18)19,16(20)21)14-9-5-12(2)6-10-14;18-15(19)17(16(20)21,11-13-7-3-1-4-8-13)12-14-9-5-2-6-10-14;16-13(17)15(14(18)19,11-7-3-1-4-8-11)12-9-5-2-6-10-12;1-3-5-7-11(9(12)13,10(14)15)8-6-4-2/h1-14H,(H3,24,25)(H3,26,27);3-10H,1-2H3,(H3,18,19)(H3,20,21);1-10H,11-12H2,(H3,18,19)(H3,20,21);1-10H,(H3,16,17)(H3,18,19);3-8H2,1-2H3,(H3,12,13)(H3,14,15). The molecule has 10 aromatic carbocycles. The van der Waals surface area contributed by atoms with E-state index in [9.17, 15) is 0 Å². The smallest absolute Gasteiger partial charge is 0.135 e. The third kappa shape index (κ3) is 17.5. The number of fused-ring (bicyclic) bond motifs is 2. The second-order valence-electron chi connectivity index (χ2n) is 25.6. The molecule has 0 radical (unpaired) electrons. The van der Waals surface area contributed by atoms with Crippen molar-refractivity contribution < 1.29 is 0 Å². The molecule has 0 aliphatic carbocycles. The predicted molar refractivity (Wildman–Crippen MR) is 429 cm³/mol. The van der Waals surface area contributed by atoms with E-state index >= 15 is 0 Å². The first-order valence-corrected chi connectivity index (χ1v) is 33.9. The number of amidine groups is 10. The van der Waals surface area contributed by atoms with Gasteiger partial charge in [-0.05, 0) is 106 Å². The molecule has 0 saturated carbocycles. The van der Waals surface area contributed by atoms with Crippen LogP contribution in [-0.2, 0) is 29.1 Å². The number of nitrogens with two attached hydrogens (primary N) is 10. The van der Waals surface area contributed by atoms with Crippen LogP contribution in [0.5, 0.6) is 0 Å². The van der Waals surface area contributed by atoms with Gasteiger partial charge in [0.05, 0.1) is 10.8 Å². The molecule has 0 aromatic heterocycles. The molecule has 0 spiro atoms. The molecule has 532 valence electrons. The molecule has 0 saturated heterocycles. The van der Waals surface area contributed by atoms with Gasteiger partial charge in [0.1, 0.15) is 74.6 Å². The molecule has 10 rings (SSSR count). The Bertz CT molecular complexity index is 4290. The fraction of sp³-hybridized carbons (Fsp3) is 0.205. The van der Waals surface area contributed by atoms with Crippen LogP contribution in [0, 0.1) is 78.8 Å². The van der Waals surface area contributed by atoms with Gasteiger partial charge in [-0.3, -0.25) is 54.1 Å². The minimum atomic E-state index is -1.33. The number of hydrogen-bond acceptors (Lipinski definition) is 10. The van der Waals surface area contributed by atoms with E-state index in [1.54, 1.807) is 0 Å². The van der Waals surface area contributed by atoms with Gasteiger partial charge in [-0.1, -0.05) is 305 Å². The van der Waals surface area contributed by atoms with E-state index in [0.717, 1.165) is 116 Å². The number of nitrogens with one attached hydrogen (secondary N) is 10. The Balaban J connectivity index is 0.000000205. The summed E-state index contributed by atoms with van der Waals surface area (Å²) in [5.74, 6) is -0.968. The fourth-order valence-electron chi connectivity index (χ4n) is 13.1. The number of hydrogen-bond donors (Lipinski definition) is 20. The molecular weight excluding hydrogens is 1280 g/mol. The van der Waals surface area contributed by atoms with Gasteiger partial charge in [-0.2, -0.15) is 0 Å². The van der Waals surface area contributed by atoms with E-state index in [-0.39, 0.29) is 58.4 Å². The monoisotopic (exact) mass is 1380 g/mol. The van der Waals surface area contributed by atoms with Crippen LogP contribution in [0.25, 0.3) is 21.5 Å². The summed E-state index contributed by atoms with van der Waals surface area (Å²) < 4.78 is 0. The Morgan fingerprint density at radius 2 is 0.515 bits per heavy atom. The van der Waals surface area contributed by atoms with Gasteiger partial charge in [-0.25, -0.2) is 0 Å². The SMILES string of the molecule is CCCCC(CCCC)(C(=N)N)C(=N)N.Cc1ccc(C(C(=N)N)(C(=N)N)c2ccc(C)cc2)cc1.N=C(N)C(C(=N)N)(c1cccc2ccccc12)c1cccc2ccccc12.N=C(N)C(C(=N)N)(c1ccccc1)c1ccccc1.N=C(N)C(Cc1ccccc1)(Cc1ccccc1)C(=N)N. The van der Waals surface area contributed by atoms with Crippen molar-refractivity contribution in [2.75, 3.05) is 0 Å². The number of rotatable bonds is 26. The lowest BCUT2D eigenvalue weighted by atomic mass is 9.69. The van der Waals surface area contributed by atoms with E-state index < -0.39 is 27.1 Å². The first-order valence-electron chi connectivity index (χ1n) is 33.9. The summed E-state index contributed by atoms with van der Waals surface area (Å²) in [6.45, 7) is 8.15. The average Bonchev–Trinajstić information content (AvgIpc) is 0.737. The summed E-state index contributed by atoms with van der Waals surface area (Å²) >= 11 is 0. The van der Waals surface area contributed by atoms with Crippen molar-refractivity contribution in [3.05, 3.63) is 310 Å². The highest BCUT2D eigenvalue weighted by atomic mass is 14.9. The van der Waals surface area contributed by atoms with Gasteiger partial charge in [0.15, 0.2) is 0 Å². The molecular formula is C83H100N20. The van der Waals surface area contributed by atoms with Crippen molar-refractivity contribution in [1.82, 2.24) is 0 Å². The van der Waals surface area contributed by atoms with Crippen LogP contribution >= 0.6 is 0 Å². The Kier molecular flexibility index (Phi) is 27.7. The second-order valence-corrected chi connectivity index (χ2v) is 25.6. The highest BCUT2D eigenvalue weighted by molar-refractivity contribution is 6.20. The summed E-state index contributed by atoms with van der Waals surface area (Å²) in [7, 11) is 0. The highest BCUT2D eigenvalue weighted by Gasteiger charge is 2.45. The minimum absolute atomic E-state index is 0.0527. The van der Waals surface area contributed by atoms with Gasteiger partial charge < -0.3 is 57.3 Å². The van der Waals surface area contributed by atoms with Gasteiger partial charge >= 0.3 is 0 Å². The molecule has 0 heterocycles. The van der Waals surface area contributed by atoms with E-state index in [1.165, 1.54) is 0 Å². The quantitative estimate of drug-likeness (QED) is 0.0179. The summed E-state index contributed by atoms with van der Waals surface area (Å²) in [4.78, 5) is 0. The first kappa shape index (κ1) is 79.4. The molecule has 0 aliphatic heterocycles. The van der Waals surface area contributed by atoms with E-state index in [0.29, 0.717) is 12.8 Å². The predicted octanol–water partition coefficient (Wildman–Crippen LogP) is 13.0. The molecule has 103 heavy (non-hydrogen) atoms. The average molecular weight is 1380 g/mol. The third-order valence-electron chi connectivity index (χ3n) is 18.9. The van der Waals surface area contributed by atoms with Crippen LogP contribution in [0.1, 0.15) is 108 Å². The molecule has 20 heteroatoms.